The van der Waals surface area contributed by atoms with Crippen LogP contribution in [0.4, 0.5) is 0 Å². The van der Waals surface area contributed by atoms with Gasteiger partial charge in [-0.25, -0.2) is 8.42 Å². The lowest BCUT2D eigenvalue weighted by Gasteiger charge is -2.28. The first-order valence-corrected chi connectivity index (χ1v) is 8.55. The monoisotopic (exact) mass is 310 g/mol. The lowest BCUT2D eigenvalue weighted by Crippen LogP contribution is -2.44. The Labute approximate surface area is 124 Å². The molecule has 1 fully saturated rings. The average Bonchev–Trinajstić information content (AvgIpc) is 2.47. The minimum atomic E-state index is -2.91. The maximum absolute atomic E-state index is 11.3. The predicted molar refractivity (Wildman–Crippen MR) is 77.8 cm³/mol. The van der Waals surface area contributed by atoms with E-state index in [0.717, 1.165) is 0 Å². The van der Waals surface area contributed by atoms with Crippen LogP contribution in [0.2, 0.25) is 0 Å². The third-order valence-electron chi connectivity index (χ3n) is 3.34. The summed E-state index contributed by atoms with van der Waals surface area (Å²) in [5.41, 5.74) is 0.425. The molecule has 0 aliphatic carbocycles. The summed E-state index contributed by atoms with van der Waals surface area (Å²) in [6.45, 7) is 1.31. The maximum Gasteiger partial charge on any atom is 0.152 e. The first kappa shape index (κ1) is 15.8. The number of sulfone groups is 1. The van der Waals surface area contributed by atoms with Gasteiger partial charge in [0.25, 0.3) is 0 Å². The zero-order valence-electron chi connectivity index (χ0n) is 11.6. The van der Waals surface area contributed by atoms with Gasteiger partial charge in [-0.3, -0.25) is 4.90 Å². The highest BCUT2D eigenvalue weighted by Gasteiger charge is 2.23. The van der Waals surface area contributed by atoms with E-state index in [4.69, 9.17) is 10.00 Å². The van der Waals surface area contributed by atoms with Crippen LogP contribution in [-0.4, -0.2) is 62.3 Å². The fraction of sp³-hybridized carbons (Fsp3) is 0.500. The van der Waals surface area contributed by atoms with Gasteiger partial charge in [-0.05, 0) is 12.1 Å². The number of hydrogen-bond donors (Lipinski definition) is 1. The molecule has 6 nitrogen and oxygen atoms in total. The van der Waals surface area contributed by atoms with E-state index in [-0.39, 0.29) is 18.1 Å². The Kier molecular flexibility index (Phi) is 5.17. The highest BCUT2D eigenvalue weighted by atomic mass is 32.2. The summed E-state index contributed by atoms with van der Waals surface area (Å²) in [7, 11) is -2.91. The van der Waals surface area contributed by atoms with Gasteiger partial charge in [0.1, 0.15) is 24.5 Å². The fourth-order valence-electron chi connectivity index (χ4n) is 2.15. The molecule has 0 saturated carbocycles. The number of benzene rings is 1. The Bertz CT molecular complexity index is 610. The Morgan fingerprint density at radius 1 is 1.33 bits per heavy atom. The van der Waals surface area contributed by atoms with E-state index in [1.807, 2.05) is 11.0 Å². The van der Waals surface area contributed by atoms with Gasteiger partial charge >= 0.3 is 0 Å². The second-order valence-corrected chi connectivity index (χ2v) is 7.33. The van der Waals surface area contributed by atoms with Crippen LogP contribution in [0, 0.1) is 11.3 Å². The Balaban J connectivity index is 1.80. The molecule has 1 saturated heterocycles. The smallest absolute Gasteiger partial charge is 0.152 e. The van der Waals surface area contributed by atoms with Gasteiger partial charge in [0.15, 0.2) is 9.84 Å². The molecule has 1 N–H and O–H groups in total. The molecule has 0 bridgehead atoms. The molecular formula is C14H18N2O4S. The second kappa shape index (κ2) is 6.89. The number of ether oxygens (including phenoxy) is 1. The van der Waals surface area contributed by atoms with E-state index in [1.165, 1.54) is 0 Å². The van der Waals surface area contributed by atoms with E-state index in [2.05, 4.69) is 0 Å². The maximum atomic E-state index is 11.3. The summed E-state index contributed by atoms with van der Waals surface area (Å²) in [5, 5.41) is 18.9. The summed E-state index contributed by atoms with van der Waals surface area (Å²) >= 11 is 0. The number of nitrogens with zero attached hydrogens (tertiary/aromatic N) is 2. The number of β-amino-alcohol motifs (C(OH)–C–C–N with tert-alkyl or cyclic N) is 1. The van der Waals surface area contributed by atoms with Gasteiger partial charge in [0.05, 0.1) is 17.1 Å². The zero-order chi connectivity index (χ0) is 15.3. The molecular weight excluding hydrogens is 292 g/mol. The normalized spacial score (nSPS) is 19.6. The van der Waals surface area contributed by atoms with Crippen LogP contribution in [-0.2, 0) is 9.84 Å². The molecule has 1 aliphatic heterocycles. The van der Waals surface area contributed by atoms with E-state index in [0.29, 0.717) is 30.9 Å². The van der Waals surface area contributed by atoms with Crippen molar-refractivity contribution in [3.05, 3.63) is 29.8 Å². The van der Waals surface area contributed by atoms with Crippen molar-refractivity contribution < 1.29 is 18.3 Å². The van der Waals surface area contributed by atoms with Crippen LogP contribution in [0.25, 0.3) is 0 Å². The standard InChI is InChI=1S/C14H18N2O4S/c15-9-12-3-1-2-4-14(12)20-11-13(17)10-16-5-7-21(18,19)8-6-16/h1-4,13,17H,5-8,10-11H2. The summed E-state index contributed by atoms with van der Waals surface area (Å²) in [6.07, 6.45) is -0.724. The van der Waals surface area contributed by atoms with Gasteiger partial charge in [-0.15, -0.1) is 0 Å². The van der Waals surface area contributed by atoms with Gasteiger partial charge in [0, 0.05) is 19.6 Å². The molecule has 21 heavy (non-hydrogen) atoms. The number of nitriles is 1. The molecule has 1 aromatic carbocycles. The SMILES string of the molecule is N#Cc1ccccc1OCC(O)CN1CCS(=O)(=O)CC1. The highest BCUT2D eigenvalue weighted by Crippen LogP contribution is 2.16. The minimum absolute atomic E-state index is 0.0714. The molecule has 7 heteroatoms. The highest BCUT2D eigenvalue weighted by molar-refractivity contribution is 7.91. The van der Waals surface area contributed by atoms with E-state index >= 15 is 0 Å². The third kappa shape index (κ3) is 4.70. The van der Waals surface area contributed by atoms with Crippen molar-refractivity contribution in [2.24, 2.45) is 0 Å². The van der Waals surface area contributed by atoms with Crippen molar-refractivity contribution in [2.45, 2.75) is 6.10 Å². The summed E-state index contributed by atoms with van der Waals surface area (Å²) < 4.78 is 28.1. The number of rotatable bonds is 5. The van der Waals surface area contributed by atoms with Crippen LogP contribution < -0.4 is 4.74 Å². The van der Waals surface area contributed by atoms with Gasteiger partial charge in [0.2, 0.25) is 0 Å². The first-order chi connectivity index (χ1) is 10.00. The minimum Gasteiger partial charge on any atom is -0.489 e. The molecule has 0 aromatic heterocycles. The van der Waals surface area contributed by atoms with E-state index in [1.54, 1.807) is 24.3 Å². The van der Waals surface area contributed by atoms with Crippen LogP contribution in [0.5, 0.6) is 5.75 Å². The van der Waals surface area contributed by atoms with Crippen LogP contribution in [0.1, 0.15) is 5.56 Å². The Hall–Kier alpha value is -1.62. The molecule has 1 unspecified atom stereocenters. The van der Waals surface area contributed by atoms with Gasteiger partial charge < -0.3 is 9.84 Å². The van der Waals surface area contributed by atoms with Gasteiger partial charge in [-0.1, -0.05) is 12.1 Å². The molecule has 1 aliphatic rings. The summed E-state index contributed by atoms with van der Waals surface area (Å²) in [4.78, 5) is 1.91. The molecule has 1 heterocycles. The molecule has 1 atom stereocenters. The molecule has 2 rings (SSSR count). The lowest BCUT2D eigenvalue weighted by molar-refractivity contribution is 0.0709. The quantitative estimate of drug-likeness (QED) is 0.825. The summed E-state index contributed by atoms with van der Waals surface area (Å²) in [6, 6.07) is 8.86. The predicted octanol–water partition coefficient (Wildman–Crippen LogP) is 0.0284. The summed E-state index contributed by atoms with van der Waals surface area (Å²) in [5.74, 6) is 0.718. The van der Waals surface area contributed by atoms with E-state index < -0.39 is 15.9 Å². The number of hydrogen-bond acceptors (Lipinski definition) is 6. The van der Waals surface area contributed by atoms with Gasteiger partial charge in [-0.2, -0.15) is 5.26 Å². The third-order valence-corrected chi connectivity index (χ3v) is 4.95. The Morgan fingerprint density at radius 3 is 2.67 bits per heavy atom. The molecule has 0 spiro atoms. The molecule has 114 valence electrons. The topological polar surface area (TPSA) is 90.6 Å². The van der Waals surface area contributed by atoms with Crippen molar-refractivity contribution in [3.8, 4) is 11.8 Å². The van der Waals surface area contributed by atoms with Crippen molar-refractivity contribution >= 4 is 9.84 Å². The molecule has 1 aromatic rings. The number of aliphatic hydroxyl groups excluding tert-OH is 1. The second-order valence-electron chi connectivity index (χ2n) is 5.03. The largest absolute Gasteiger partial charge is 0.489 e. The van der Waals surface area contributed by atoms with Crippen LogP contribution in [0.3, 0.4) is 0 Å². The fourth-order valence-corrected chi connectivity index (χ4v) is 3.43. The van der Waals surface area contributed by atoms with E-state index in [9.17, 15) is 13.5 Å². The first-order valence-electron chi connectivity index (χ1n) is 6.73. The average molecular weight is 310 g/mol. The lowest BCUT2D eigenvalue weighted by atomic mass is 10.2. The van der Waals surface area contributed by atoms with Crippen molar-refractivity contribution in [1.29, 1.82) is 5.26 Å². The zero-order valence-corrected chi connectivity index (χ0v) is 12.4. The van der Waals surface area contributed by atoms with Crippen molar-refractivity contribution in [2.75, 3.05) is 37.7 Å². The van der Waals surface area contributed by atoms with Crippen LogP contribution in [0.15, 0.2) is 24.3 Å². The Morgan fingerprint density at radius 2 is 2.00 bits per heavy atom. The number of aliphatic hydroxyl groups is 1. The van der Waals surface area contributed by atoms with Crippen molar-refractivity contribution in [1.82, 2.24) is 4.90 Å². The van der Waals surface area contributed by atoms with Crippen molar-refractivity contribution in [3.63, 3.8) is 0 Å². The van der Waals surface area contributed by atoms with Crippen LogP contribution >= 0.6 is 0 Å². The number of para-hydroxylation sites is 1. The molecule has 0 radical (unpaired) electrons. The molecule has 0 amide bonds.